The Morgan fingerprint density at radius 3 is 2.76 bits per heavy atom. The van der Waals surface area contributed by atoms with Gasteiger partial charge in [0.2, 0.25) is 0 Å². The molecular weight excluding hydrogens is 271 g/mol. The summed E-state index contributed by atoms with van der Waals surface area (Å²) in [4.78, 5) is 13.9. The first kappa shape index (κ1) is 14.3. The number of amides is 2. The molecule has 0 aromatic heterocycles. The molecular formula is C16H21FN2O2. The summed E-state index contributed by atoms with van der Waals surface area (Å²) in [7, 11) is 0. The van der Waals surface area contributed by atoms with Crippen LogP contribution in [-0.2, 0) is 11.3 Å². The van der Waals surface area contributed by atoms with Gasteiger partial charge in [-0.1, -0.05) is 12.1 Å². The van der Waals surface area contributed by atoms with Crippen molar-refractivity contribution >= 4 is 6.03 Å². The molecule has 1 heterocycles. The molecule has 1 saturated heterocycles. The van der Waals surface area contributed by atoms with Gasteiger partial charge in [0.05, 0.1) is 6.10 Å². The van der Waals surface area contributed by atoms with Crippen LogP contribution in [0.1, 0.15) is 24.8 Å². The van der Waals surface area contributed by atoms with Crippen LogP contribution in [0.2, 0.25) is 0 Å². The van der Waals surface area contributed by atoms with Crippen molar-refractivity contribution in [1.82, 2.24) is 10.2 Å². The second kappa shape index (κ2) is 6.43. The molecule has 0 bridgehead atoms. The zero-order valence-electron chi connectivity index (χ0n) is 12.1. The molecule has 0 radical (unpaired) electrons. The summed E-state index contributed by atoms with van der Waals surface area (Å²) in [6.07, 6.45) is 3.67. The van der Waals surface area contributed by atoms with Crippen LogP contribution >= 0.6 is 0 Å². The number of ether oxygens (including phenoxy) is 1. The first-order chi connectivity index (χ1) is 10.2. The second-order valence-electron chi connectivity index (χ2n) is 5.92. The summed E-state index contributed by atoms with van der Waals surface area (Å²) in [5.74, 6) is 0.492. The zero-order valence-corrected chi connectivity index (χ0v) is 12.1. The van der Waals surface area contributed by atoms with Crippen LogP contribution in [0.4, 0.5) is 9.18 Å². The van der Waals surface area contributed by atoms with Gasteiger partial charge >= 0.3 is 6.03 Å². The maximum atomic E-state index is 12.8. The number of nitrogens with one attached hydrogen (secondary N) is 1. The van der Waals surface area contributed by atoms with Crippen LogP contribution in [0.5, 0.6) is 0 Å². The smallest absolute Gasteiger partial charge is 0.317 e. The highest BCUT2D eigenvalue weighted by atomic mass is 19.1. The highest BCUT2D eigenvalue weighted by Gasteiger charge is 2.29. The van der Waals surface area contributed by atoms with Crippen molar-refractivity contribution in [2.24, 2.45) is 5.92 Å². The van der Waals surface area contributed by atoms with Crippen LogP contribution in [0.15, 0.2) is 24.3 Å². The maximum absolute atomic E-state index is 12.8. The average Bonchev–Trinajstić information content (AvgIpc) is 3.20. The molecule has 1 unspecified atom stereocenters. The quantitative estimate of drug-likeness (QED) is 0.906. The van der Waals surface area contributed by atoms with Crippen molar-refractivity contribution in [3.63, 3.8) is 0 Å². The molecule has 2 amide bonds. The molecule has 3 rings (SSSR count). The van der Waals surface area contributed by atoms with Crippen molar-refractivity contribution in [2.45, 2.75) is 31.9 Å². The van der Waals surface area contributed by atoms with Gasteiger partial charge in [-0.25, -0.2) is 9.18 Å². The molecule has 1 aromatic rings. The van der Waals surface area contributed by atoms with Gasteiger partial charge in [0.25, 0.3) is 0 Å². The fraction of sp³-hybridized carbons (Fsp3) is 0.562. The fourth-order valence-electron chi connectivity index (χ4n) is 2.50. The third-order valence-electron chi connectivity index (χ3n) is 4.05. The predicted octanol–water partition coefficient (Wildman–Crippen LogP) is 2.54. The Hall–Kier alpha value is -1.62. The van der Waals surface area contributed by atoms with E-state index in [0.717, 1.165) is 31.1 Å². The van der Waals surface area contributed by atoms with E-state index in [1.165, 1.54) is 25.0 Å². The number of benzene rings is 1. The minimum absolute atomic E-state index is 0.0724. The zero-order chi connectivity index (χ0) is 14.7. The molecule has 2 fully saturated rings. The van der Waals surface area contributed by atoms with E-state index >= 15 is 0 Å². The first-order valence-electron chi connectivity index (χ1n) is 7.59. The van der Waals surface area contributed by atoms with E-state index in [1.807, 2.05) is 0 Å². The molecule has 1 aliphatic heterocycles. The molecule has 5 heteroatoms. The Morgan fingerprint density at radius 1 is 1.29 bits per heavy atom. The van der Waals surface area contributed by atoms with Crippen molar-refractivity contribution in [1.29, 1.82) is 0 Å². The normalized spacial score (nSPS) is 21.6. The number of carbonyl (C=O) groups excluding carboxylic acids is 1. The van der Waals surface area contributed by atoms with Crippen molar-refractivity contribution in [3.05, 3.63) is 35.6 Å². The van der Waals surface area contributed by atoms with Crippen LogP contribution < -0.4 is 5.32 Å². The monoisotopic (exact) mass is 292 g/mol. The standard InChI is InChI=1S/C16H21FN2O2/c17-14-5-3-12(4-6-14)9-18-16(20)19-8-7-15(10-19)21-11-13-1-2-13/h3-6,13,15H,1-2,7-11H2,(H,18,20). The van der Waals surface area contributed by atoms with Gasteiger partial charge in [0.15, 0.2) is 0 Å². The lowest BCUT2D eigenvalue weighted by atomic mass is 10.2. The summed E-state index contributed by atoms with van der Waals surface area (Å²) >= 11 is 0. The Kier molecular flexibility index (Phi) is 4.39. The number of nitrogens with zero attached hydrogens (tertiary/aromatic N) is 1. The number of likely N-dealkylation sites (tertiary alicyclic amines) is 1. The largest absolute Gasteiger partial charge is 0.376 e. The van der Waals surface area contributed by atoms with E-state index in [-0.39, 0.29) is 18.0 Å². The van der Waals surface area contributed by atoms with E-state index in [1.54, 1.807) is 17.0 Å². The number of halogens is 1. The minimum atomic E-state index is -0.264. The lowest BCUT2D eigenvalue weighted by Gasteiger charge is -2.17. The number of hydrogen-bond donors (Lipinski definition) is 1. The molecule has 1 aromatic carbocycles. The maximum Gasteiger partial charge on any atom is 0.317 e. The number of urea groups is 1. The third-order valence-corrected chi connectivity index (χ3v) is 4.05. The van der Waals surface area contributed by atoms with Crippen molar-refractivity contribution in [3.8, 4) is 0 Å². The van der Waals surface area contributed by atoms with Gasteiger partial charge < -0.3 is 15.0 Å². The topological polar surface area (TPSA) is 41.6 Å². The molecule has 1 aliphatic carbocycles. The molecule has 2 aliphatic rings. The van der Waals surface area contributed by atoms with E-state index < -0.39 is 0 Å². The van der Waals surface area contributed by atoms with Crippen LogP contribution in [0, 0.1) is 11.7 Å². The molecule has 0 spiro atoms. The average molecular weight is 292 g/mol. The summed E-state index contributed by atoms with van der Waals surface area (Å²) in [6, 6.07) is 6.09. The van der Waals surface area contributed by atoms with Gasteiger partial charge in [0, 0.05) is 26.2 Å². The van der Waals surface area contributed by atoms with Gasteiger partial charge in [-0.3, -0.25) is 0 Å². The van der Waals surface area contributed by atoms with Crippen LogP contribution in [-0.4, -0.2) is 36.7 Å². The second-order valence-corrected chi connectivity index (χ2v) is 5.92. The molecule has 114 valence electrons. The van der Waals surface area contributed by atoms with Gasteiger partial charge in [-0.15, -0.1) is 0 Å². The van der Waals surface area contributed by atoms with Crippen LogP contribution in [0.3, 0.4) is 0 Å². The lowest BCUT2D eigenvalue weighted by molar-refractivity contribution is 0.0538. The van der Waals surface area contributed by atoms with Gasteiger partial charge in [-0.05, 0) is 42.9 Å². The Labute approximate surface area is 124 Å². The summed E-state index contributed by atoms with van der Waals surface area (Å²) < 4.78 is 18.6. The molecule has 1 atom stereocenters. The highest BCUT2D eigenvalue weighted by molar-refractivity contribution is 5.74. The molecule has 21 heavy (non-hydrogen) atoms. The van der Waals surface area contributed by atoms with Crippen molar-refractivity contribution < 1.29 is 13.9 Å². The third kappa shape index (κ3) is 4.17. The Balaban J connectivity index is 1.39. The van der Waals surface area contributed by atoms with Crippen molar-refractivity contribution in [2.75, 3.05) is 19.7 Å². The van der Waals surface area contributed by atoms with E-state index in [9.17, 15) is 9.18 Å². The number of rotatable bonds is 5. The van der Waals surface area contributed by atoms with Gasteiger partial charge in [-0.2, -0.15) is 0 Å². The molecule has 1 N–H and O–H groups in total. The summed E-state index contributed by atoms with van der Waals surface area (Å²) in [5.41, 5.74) is 0.894. The number of carbonyl (C=O) groups is 1. The lowest BCUT2D eigenvalue weighted by Crippen LogP contribution is -2.38. The summed E-state index contributed by atoms with van der Waals surface area (Å²) in [6.45, 7) is 2.67. The van der Waals surface area contributed by atoms with E-state index in [4.69, 9.17) is 4.74 Å². The summed E-state index contributed by atoms with van der Waals surface area (Å²) in [5, 5.41) is 2.87. The van der Waals surface area contributed by atoms with E-state index in [2.05, 4.69) is 5.32 Å². The Bertz CT molecular complexity index is 488. The number of hydrogen-bond acceptors (Lipinski definition) is 2. The fourth-order valence-corrected chi connectivity index (χ4v) is 2.50. The molecule has 1 saturated carbocycles. The predicted molar refractivity (Wildman–Crippen MR) is 77.3 cm³/mol. The minimum Gasteiger partial charge on any atom is -0.376 e. The first-order valence-corrected chi connectivity index (χ1v) is 7.59. The van der Waals surface area contributed by atoms with E-state index in [0.29, 0.717) is 13.1 Å². The Morgan fingerprint density at radius 2 is 2.05 bits per heavy atom. The SMILES string of the molecule is O=C(NCc1ccc(F)cc1)N1CCC(OCC2CC2)C1. The van der Waals surface area contributed by atoms with Crippen LogP contribution in [0.25, 0.3) is 0 Å². The molecule has 4 nitrogen and oxygen atoms in total. The highest BCUT2D eigenvalue weighted by Crippen LogP contribution is 2.30. The van der Waals surface area contributed by atoms with Gasteiger partial charge in [0.1, 0.15) is 5.82 Å².